The minimum atomic E-state index is -0.531. The average Bonchev–Trinajstić information content (AvgIpc) is 3.39. The number of amides is 2. The van der Waals surface area contributed by atoms with Crippen LogP contribution in [-0.2, 0) is 9.53 Å². The number of hydrogen-bond acceptors (Lipinski definition) is 4. The van der Waals surface area contributed by atoms with Crippen molar-refractivity contribution in [1.29, 1.82) is 0 Å². The third kappa shape index (κ3) is 4.93. The Balaban J connectivity index is 0.00000208. The smallest absolute Gasteiger partial charge is 0.251 e. The van der Waals surface area contributed by atoms with Crippen molar-refractivity contribution in [3.63, 3.8) is 0 Å². The maximum Gasteiger partial charge on any atom is 0.251 e. The van der Waals surface area contributed by atoms with Gasteiger partial charge in [0.15, 0.2) is 0 Å². The zero-order valence-corrected chi connectivity index (χ0v) is 14.3. The molecular weight excluding hydrogens is 330 g/mol. The molecule has 1 atom stereocenters. The van der Waals surface area contributed by atoms with Crippen LogP contribution >= 0.6 is 12.4 Å². The number of rotatable bonds is 5. The molecule has 0 spiro atoms. The minimum Gasteiger partial charge on any atom is -0.381 e. The normalized spacial score (nSPS) is 19.0. The predicted octanol–water partition coefficient (Wildman–Crippen LogP) is 1.69. The van der Waals surface area contributed by atoms with Crippen LogP contribution in [0, 0.1) is 5.92 Å². The Hall–Kier alpha value is -1.63. The number of nitrogens with two attached hydrogens (primary N) is 1. The van der Waals surface area contributed by atoms with Crippen LogP contribution in [0.1, 0.15) is 36.0 Å². The van der Waals surface area contributed by atoms with Crippen LogP contribution in [-0.4, -0.2) is 37.1 Å². The molecule has 2 fully saturated rings. The molecule has 1 unspecified atom stereocenters. The number of anilines is 1. The monoisotopic (exact) mass is 353 g/mol. The fourth-order valence-corrected chi connectivity index (χ4v) is 2.72. The third-order valence-electron chi connectivity index (χ3n) is 4.40. The summed E-state index contributed by atoms with van der Waals surface area (Å²) in [5, 5.41) is 5.76. The summed E-state index contributed by atoms with van der Waals surface area (Å²) in [5.74, 6) is -0.0938. The molecule has 1 aliphatic heterocycles. The van der Waals surface area contributed by atoms with Crippen molar-refractivity contribution in [3.05, 3.63) is 29.8 Å². The Bertz CT molecular complexity index is 569. The van der Waals surface area contributed by atoms with Gasteiger partial charge in [0.05, 0.1) is 6.04 Å². The highest BCUT2D eigenvalue weighted by Gasteiger charge is 2.27. The number of ether oxygens (including phenoxy) is 1. The van der Waals surface area contributed by atoms with E-state index in [4.69, 9.17) is 10.5 Å². The van der Waals surface area contributed by atoms with Crippen molar-refractivity contribution in [2.24, 2.45) is 11.7 Å². The molecule has 2 amide bonds. The lowest BCUT2D eigenvalue weighted by atomic mass is 9.92. The van der Waals surface area contributed by atoms with Gasteiger partial charge in [-0.1, -0.05) is 0 Å². The van der Waals surface area contributed by atoms with E-state index in [-0.39, 0.29) is 30.1 Å². The van der Waals surface area contributed by atoms with Gasteiger partial charge in [-0.15, -0.1) is 12.4 Å². The van der Waals surface area contributed by atoms with Crippen LogP contribution in [0.25, 0.3) is 0 Å². The van der Waals surface area contributed by atoms with Gasteiger partial charge < -0.3 is 21.1 Å². The fraction of sp³-hybridized carbons (Fsp3) is 0.529. The molecule has 132 valence electrons. The number of nitrogens with one attached hydrogen (secondary N) is 2. The Kier molecular flexibility index (Phi) is 6.60. The van der Waals surface area contributed by atoms with Crippen molar-refractivity contribution in [2.75, 3.05) is 18.5 Å². The van der Waals surface area contributed by atoms with Gasteiger partial charge in [-0.3, -0.25) is 9.59 Å². The van der Waals surface area contributed by atoms with Gasteiger partial charge in [-0.25, -0.2) is 0 Å². The molecule has 24 heavy (non-hydrogen) atoms. The summed E-state index contributed by atoms with van der Waals surface area (Å²) in [6, 6.07) is 6.70. The van der Waals surface area contributed by atoms with E-state index in [2.05, 4.69) is 10.6 Å². The molecule has 1 saturated heterocycles. The van der Waals surface area contributed by atoms with E-state index < -0.39 is 6.04 Å². The van der Waals surface area contributed by atoms with Gasteiger partial charge in [0.2, 0.25) is 5.91 Å². The van der Waals surface area contributed by atoms with Gasteiger partial charge in [-0.05, 0) is 55.9 Å². The molecule has 1 aliphatic carbocycles. The quantitative estimate of drug-likeness (QED) is 0.751. The first-order valence-electron chi connectivity index (χ1n) is 8.18. The van der Waals surface area contributed by atoms with Crippen molar-refractivity contribution in [3.8, 4) is 0 Å². The summed E-state index contributed by atoms with van der Waals surface area (Å²) >= 11 is 0. The van der Waals surface area contributed by atoms with Crippen LogP contribution in [0.4, 0.5) is 5.69 Å². The maximum absolute atomic E-state index is 12.2. The number of carbonyl (C=O) groups excluding carboxylic acids is 2. The SMILES string of the molecule is Cl.NC(C(=O)Nc1ccc(C(=O)NC2CC2)cc1)C1CCOCC1. The largest absolute Gasteiger partial charge is 0.381 e. The molecule has 2 aliphatic rings. The third-order valence-corrected chi connectivity index (χ3v) is 4.40. The van der Waals surface area contributed by atoms with E-state index in [0.29, 0.717) is 30.5 Å². The second-order valence-corrected chi connectivity index (χ2v) is 6.29. The van der Waals surface area contributed by atoms with Crippen LogP contribution in [0.3, 0.4) is 0 Å². The average molecular weight is 354 g/mol. The Morgan fingerprint density at radius 3 is 2.29 bits per heavy atom. The molecular formula is C17H24ClN3O3. The van der Waals surface area contributed by atoms with Gasteiger partial charge in [0.1, 0.15) is 0 Å². The number of carbonyl (C=O) groups is 2. The lowest BCUT2D eigenvalue weighted by Crippen LogP contribution is -2.44. The molecule has 1 saturated carbocycles. The molecule has 0 radical (unpaired) electrons. The summed E-state index contributed by atoms with van der Waals surface area (Å²) in [5.41, 5.74) is 7.30. The van der Waals surface area contributed by atoms with Gasteiger partial charge >= 0.3 is 0 Å². The van der Waals surface area contributed by atoms with Crippen molar-refractivity contribution < 1.29 is 14.3 Å². The second-order valence-electron chi connectivity index (χ2n) is 6.29. The Labute approximate surface area is 147 Å². The first-order chi connectivity index (χ1) is 11.1. The first-order valence-corrected chi connectivity index (χ1v) is 8.18. The van der Waals surface area contributed by atoms with Gasteiger partial charge in [0, 0.05) is 30.5 Å². The zero-order valence-electron chi connectivity index (χ0n) is 13.5. The van der Waals surface area contributed by atoms with Crippen LogP contribution in [0.5, 0.6) is 0 Å². The molecule has 7 heteroatoms. The molecule has 4 N–H and O–H groups in total. The standard InChI is InChI=1S/C17H23N3O3.ClH/c18-15(11-7-9-23-10-8-11)17(22)20-13-3-1-12(2-4-13)16(21)19-14-5-6-14;/h1-4,11,14-15H,5-10,18H2,(H,19,21)(H,20,22);1H. The van der Waals surface area contributed by atoms with Crippen molar-refractivity contribution in [1.82, 2.24) is 5.32 Å². The molecule has 0 aromatic heterocycles. The topological polar surface area (TPSA) is 93.5 Å². The molecule has 1 heterocycles. The van der Waals surface area contributed by atoms with E-state index >= 15 is 0 Å². The van der Waals surface area contributed by atoms with Crippen LogP contribution < -0.4 is 16.4 Å². The Morgan fingerprint density at radius 1 is 1.08 bits per heavy atom. The number of hydrogen-bond donors (Lipinski definition) is 3. The van der Waals surface area contributed by atoms with Gasteiger partial charge in [-0.2, -0.15) is 0 Å². The van der Waals surface area contributed by atoms with Crippen LogP contribution in [0.2, 0.25) is 0 Å². The van der Waals surface area contributed by atoms with E-state index in [0.717, 1.165) is 25.7 Å². The summed E-state index contributed by atoms with van der Waals surface area (Å²) < 4.78 is 5.29. The molecule has 1 aromatic rings. The minimum absolute atomic E-state index is 0. The number of benzene rings is 1. The molecule has 1 aromatic carbocycles. The second kappa shape index (κ2) is 8.46. The highest BCUT2D eigenvalue weighted by molar-refractivity contribution is 5.97. The van der Waals surface area contributed by atoms with Gasteiger partial charge in [0.25, 0.3) is 5.91 Å². The van der Waals surface area contributed by atoms with Crippen molar-refractivity contribution in [2.45, 2.75) is 37.8 Å². The lowest BCUT2D eigenvalue weighted by Gasteiger charge is -2.26. The number of halogens is 1. The molecule has 6 nitrogen and oxygen atoms in total. The highest BCUT2D eigenvalue weighted by Crippen LogP contribution is 2.21. The van der Waals surface area contributed by atoms with Crippen molar-refractivity contribution >= 4 is 29.9 Å². The van der Waals surface area contributed by atoms with E-state index in [1.165, 1.54) is 0 Å². The fourth-order valence-electron chi connectivity index (χ4n) is 2.72. The zero-order chi connectivity index (χ0) is 16.2. The predicted molar refractivity (Wildman–Crippen MR) is 94.3 cm³/mol. The Morgan fingerprint density at radius 2 is 1.71 bits per heavy atom. The van der Waals surface area contributed by atoms with E-state index in [1.807, 2.05) is 0 Å². The summed E-state index contributed by atoms with van der Waals surface area (Å²) in [7, 11) is 0. The molecule has 0 bridgehead atoms. The van der Waals surface area contributed by atoms with E-state index in [1.54, 1.807) is 24.3 Å². The summed E-state index contributed by atoms with van der Waals surface area (Å²) in [4.78, 5) is 24.1. The highest BCUT2D eigenvalue weighted by atomic mass is 35.5. The summed E-state index contributed by atoms with van der Waals surface area (Å²) in [6.45, 7) is 1.33. The first kappa shape index (κ1) is 18.7. The molecule has 3 rings (SSSR count). The lowest BCUT2D eigenvalue weighted by molar-refractivity contribution is -0.119. The van der Waals surface area contributed by atoms with Crippen LogP contribution in [0.15, 0.2) is 24.3 Å². The summed E-state index contributed by atoms with van der Waals surface area (Å²) in [6.07, 6.45) is 3.75. The maximum atomic E-state index is 12.2. The van der Waals surface area contributed by atoms with E-state index in [9.17, 15) is 9.59 Å².